The summed E-state index contributed by atoms with van der Waals surface area (Å²) in [5, 5.41) is 4.96. The van der Waals surface area contributed by atoms with Crippen LogP contribution < -0.4 is 5.32 Å². The standard InChI is InChI=1S/C17H19Cl2N/c1-11-4-6-16(12(2)8-11)13(3)20-10-14-9-15(18)5-7-17(14)19/h4-9,13,20H,10H2,1-3H3. The van der Waals surface area contributed by atoms with Crippen molar-refractivity contribution in [3.63, 3.8) is 0 Å². The lowest BCUT2D eigenvalue weighted by Gasteiger charge is -2.17. The van der Waals surface area contributed by atoms with E-state index in [9.17, 15) is 0 Å². The molecule has 1 atom stereocenters. The minimum Gasteiger partial charge on any atom is -0.306 e. The van der Waals surface area contributed by atoms with Crippen molar-refractivity contribution in [1.29, 1.82) is 0 Å². The van der Waals surface area contributed by atoms with Crippen LogP contribution in [0, 0.1) is 13.8 Å². The highest BCUT2D eigenvalue weighted by Gasteiger charge is 2.09. The first-order valence-electron chi connectivity index (χ1n) is 6.72. The molecule has 0 amide bonds. The number of hydrogen-bond donors (Lipinski definition) is 1. The van der Waals surface area contributed by atoms with Gasteiger partial charge in [0.2, 0.25) is 0 Å². The van der Waals surface area contributed by atoms with Crippen LogP contribution in [0.2, 0.25) is 10.0 Å². The van der Waals surface area contributed by atoms with E-state index < -0.39 is 0 Å². The Morgan fingerprint density at radius 3 is 2.50 bits per heavy atom. The van der Waals surface area contributed by atoms with Gasteiger partial charge in [-0.15, -0.1) is 0 Å². The van der Waals surface area contributed by atoms with E-state index in [4.69, 9.17) is 23.2 Å². The van der Waals surface area contributed by atoms with Gasteiger partial charge in [0.1, 0.15) is 0 Å². The van der Waals surface area contributed by atoms with E-state index in [1.165, 1.54) is 16.7 Å². The number of rotatable bonds is 4. The molecule has 0 aromatic heterocycles. The number of hydrogen-bond acceptors (Lipinski definition) is 1. The molecule has 1 N–H and O–H groups in total. The van der Waals surface area contributed by atoms with Crippen LogP contribution >= 0.6 is 23.2 Å². The van der Waals surface area contributed by atoms with E-state index in [1.54, 1.807) is 6.07 Å². The van der Waals surface area contributed by atoms with Crippen LogP contribution in [0.4, 0.5) is 0 Å². The second-order valence-electron chi connectivity index (χ2n) is 5.20. The second-order valence-corrected chi connectivity index (χ2v) is 6.04. The summed E-state index contributed by atoms with van der Waals surface area (Å²) in [5.74, 6) is 0. The Labute approximate surface area is 130 Å². The average molecular weight is 308 g/mol. The summed E-state index contributed by atoms with van der Waals surface area (Å²) in [5.41, 5.74) is 4.93. The molecule has 0 fully saturated rings. The van der Waals surface area contributed by atoms with Gasteiger partial charge in [-0.05, 0) is 55.7 Å². The van der Waals surface area contributed by atoms with E-state index >= 15 is 0 Å². The Bertz CT molecular complexity index is 608. The van der Waals surface area contributed by atoms with Gasteiger partial charge in [0.05, 0.1) is 0 Å². The molecule has 1 unspecified atom stereocenters. The maximum Gasteiger partial charge on any atom is 0.0451 e. The van der Waals surface area contributed by atoms with Crippen molar-refractivity contribution in [3.05, 3.63) is 68.7 Å². The van der Waals surface area contributed by atoms with Gasteiger partial charge in [-0.25, -0.2) is 0 Å². The highest BCUT2D eigenvalue weighted by atomic mass is 35.5. The Balaban J connectivity index is 2.08. The van der Waals surface area contributed by atoms with Gasteiger partial charge < -0.3 is 5.32 Å². The normalized spacial score (nSPS) is 12.4. The average Bonchev–Trinajstić information content (AvgIpc) is 2.39. The maximum atomic E-state index is 6.18. The van der Waals surface area contributed by atoms with Crippen molar-refractivity contribution in [2.24, 2.45) is 0 Å². The smallest absolute Gasteiger partial charge is 0.0451 e. The van der Waals surface area contributed by atoms with Crippen molar-refractivity contribution >= 4 is 23.2 Å². The summed E-state index contributed by atoms with van der Waals surface area (Å²) in [6.07, 6.45) is 0. The summed E-state index contributed by atoms with van der Waals surface area (Å²) in [6.45, 7) is 7.12. The van der Waals surface area contributed by atoms with Gasteiger partial charge in [0.25, 0.3) is 0 Å². The molecule has 0 radical (unpaired) electrons. The van der Waals surface area contributed by atoms with Gasteiger partial charge >= 0.3 is 0 Å². The zero-order valence-corrected chi connectivity index (χ0v) is 13.5. The Hall–Kier alpha value is -1.02. The fraction of sp³-hybridized carbons (Fsp3) is 0.294. The van der Waals surface area contributed by atoms with Crippen LogP contribution in [0.3, 0.4) is 0 Å². The molecule has 106 valence electrons. The van der Waals surface area contributed by atoms with E-state index in [1.807, 2.05) is 12.1 Å². The molecule has 0 aliphatic carbocycles. The molecular weight excluding hydrogens is 289 g/mol. The predicted octanol–water partition coefficient (Wildman–Crippen LogP) is 5.46. The summed E-state index contributed by atoms with van der Waals surface area (Å²) in [4.78, 5) is 0. The van der Waals surface area contributed by atoms with Crippen LogP contribution in [0.5, 0.6) is 0 Å². The van der Waals surface area contributed by atoms with Crippen LogP contribution in [0.25, 0.3) is 0 Å². The molecule has 0 heterocycles. The zero-order valence-electron chi connectivity index (χ0n) is 12.0. The monoisotopic (exact) mass is 307 g/mol. The fourth-order valence-electron chi connectivity index (χ4n) is 2.36. The predicted molar refractivity (Wildman–Crippen MR) is 87.6 cm³/mol. The molecule has 0 spiro atoms. The molecule has 0 aliphatic rings. The van der Waals surface area contributed by atoms with Crippen molar-refractivity contribution in [2.75, 3.05) is 0 Å². The lowest BCUT2D eigenvalue weighted by atomic mass is 10.00. The van der Waals surface area contributed by atoms with E-state index in [-0.39, 0.29) is 6.04 Å². The minimum atomic E-state index is 0.269. The van der Waals surface area contributed by atoms with Gasteiger partial charge in [-0.1, -0.05) is 47.0 Å². The molecule has 2 aromatic rings. The van der Waals surface area contributed by atoms with Gasteiger partial charge in [-0.3, -0.25) is 0 Å². The number of halogens is 2. The number of benzene rings is 2. The quantitative estimate of drug-likeness (QED) is 0.790. The third kappa shape index (κ3) is 3.76. The van der Waals surface area contributed by atoms with Gasteiger partial charge in [0, 0.05) is 22.6 Å². The molecule has 1 nitrogen and oxygen atoms in total. The van der Waals surface area contributed by atoms with Crippen molar-refractivity contribution in [1.82, 2.24) is 5.32 Å². The first kappa shape index (κ1) is 15.4. The topological polar surface area (TPSA) is 12.0 Å². The number of aryl methyl sites for hydroxylation is 2. The van der Waals surface area contributed by atoms with Crippen molar-refractivity contribution < 1.29 is 0 Å². The molecule has 0 saturated heterocycles. The van der Waals surface area contributed by atoms with Crippen molar-refractivity contribution in [2.45, 2.75) is 33.4 Å². The van der Waals surface area contributed by atoms with Crippen LogP contribution in [0.1, 0.15) is 35.2 Å². The van der Waals surface area contributed by atoms with E-state index in [0.29, 0.717) is 11.6 Å². The SMILES string of the molecule is Cc1ccc(C(C)NCc2cc(Cl)ccc2Cl)c(C)c1. The molecule has 0 bridgehead atoms. The minimum absolute atomic E-state index is 0.269. The van der Waals surface area contributed by atoms with Crippen molar-refractivity contribution in [3.8, 4) is 0 Å². The third-order valence-corrected chi connectivity index (χ3v) is 4.10. The van der Waals surface area contributed by atoms with E-state index in [0.717, 1.165) is 10.6 Å². The van der Waals surface area contributed by atoms with Crippen LogP contribution in [-0.2, 0) is 6.54 Å². The molecule has 0 aliphatic heterocycles. The molecule has 0 saturated carbocycles. The Kier molecular flexibility index (Phi) is 5.09. The summed E-state index contributed by atoms with van der Waals surface area (Å²) >= 11 is 12.2. The molecule has 20 heavy (non-hydrogen) atoms. The first-order valence-corrected chi connectivity index (χ1v) is 7.47. The first-order chi connectivity index (χ1) is 9.47. The fourth-order valence-corrected chi connectivity index (χ4v) is 2.74. The third-order valence-electron chi connectivity index (χ3n) is 3.50. The maximum absolute atomic E-state index is 6.18. The molecule has 2 rings (SSSR count). The summed E-state index contributed by atoms with van der Waals surface area (Å²) in [7, 11) is 0. The van der Waals surface area contributed by atoms with Gasteiger partial charge in [-0.2, -0.15) is 0 Å². The summed E-state index contributed by atoms with van der Waals surface area (Å²) < 4.78 is 0. The Morgan fingerprint density at radius 1 is 1.05 bits per heavy atom. The lowest BCUT2D eigenvalue weighted by Crippen LogP contribution is -2.19. The Morgan fingerprint density at radius 2 is 1.80 bits per heavy atom. The second kappa shape index (κ2) is 6.62. The molecule has 3 heteroatoms. The van der Waals surface area contributed by atoms with Crippen LogP contribution in [0.15, 0.2) is 36.4 Å². The highest BCUT2D eigenvalue weighted by Crippen LogP contribution is 2.23. The zero-order chi connectivity index (χ0) is 14.7. The van der Waals surface area contributed by atoms with Gasteiger partial charge in [0.15, 0.2) is 0 Å². The van der Waals surface area contributed by atoms with E-state index in [2.05, 4.69) is 44.3 Å². The number of nitrogens with one attached hydrogen (secondary N) is 1. The largest absolute Gasteiger partial charge is 0.306 e. The highest BCUT2D eigenvalue weighted by molar-refractivity contribution is 6.33. The van der Waals surface area contributed by atoms with Crippen LogP contribution in [-0.4, -0.2) is 0 Å². The lowest BCUT2D eigenvalue weighted by molar-refractivity contribution is 0.572. The molecular formula is C17H19Cl2N. The summed E-state index contributed by atoms with van der Waals surface area (Å²) in [6, 6.07) is 12.4. The molecule has 2 aromatic carbocycles.